The van der Waals surface area contributed by atoms with E-state index in [0.29, 0.717) is 12.5 Å². The van der Waals surface area contributed by atoms with Crippen molar-refractivity contribution in [2.24, 2.45) is 10.9 Å². The maximum absolute atomic E-state index is 10.1. The highest BCUT2D eigenvalue weighted by Gasteiger charge is 2.34. The number of piperidine rings is 3. The molecule has 1 aromatic carbocycles. The summed E-state index contributed by atoms with van der Waals surface area (Å²) >= 11 is 0. The fourth-order valence-electron chi connectivity index (χ4n) is 3.34. The topological polar surface area (TPSA) is 32.7 Å². The molecule has 3 fully saturated rings. The lowest BCUT2D eigenvalue weighted by molar-refractivity contribution is 0.0871. The van der Waals surface area contributed by atoms with Crippen molar-refractivity contribution in [3.8, 4) is 0 Å². The highest BCUT2D eigenvalue weighted by molar-refractivity contribution is 5.34. The van der Waals surface area contributed by atoms with Crippen LogP contribution in [0.3, 0.4) is 0 Å². The molecule has 3 heteroatoms. The fraction of sp³-hybridized carbons (Fsp3) is 0.533. The van der Waals surface area contributed by atoms with Crippen LogP contribution >= 0.6 is 0 Å². The third-order valence-corrected chi connectivity index (χ3v) is 4.39. The zero-order chi connectivity index (χ0) is 12.4. The summed E-state index contributed by atoms with van der Waals surface area (Å²) in [5.41, 5.74) is 2.53. The van der Waals surface area contributed by atoms with Crippen LogP contribution in [-0.2, 0) is 11.3 Å². The molecule has 3 nitrogen and oxygen atoms in total. The van der Waals surface area contributed by atoms with Gasteiger partial charge in [-0.15, -0.1) is 0 Å². The van der Waals surface area contributed by atoms with Crippen molar-refractivity contribution in [3.05, 3.63) is 35.4 Å². The SMILES string of the molecule is O=C=NCc1ccc(C2CN3CCC2CC3)cc1. The number of benzene rings is 1. The summed E-state index contributed by atoms with van der Waals surface area (Å²) in [6.07, 6.45) is 4.28. The molecular weight excluding hydrogens is 224 g/mol. The summed E-state index contributed by atoms with van der Waals surface area (Å²) in [4.78, 5) is 16.3. The molecule has 0 amide bonds. The van der Waals surface area contributed by atoms with Crippen LogP contribution in [0.15, 0.2) is 29.3 Å². The molecule has 0 saturated carbocycles. The Bertz CT molecular complexity index is 454. The van der Waals surface area contributed by atoms with Gasteiger partial charge in [-0.2, -0.15) is 0 Å². The Balaban J connectivity index is 1.74. The van der Waals surface area contributed by atoms with Gasteiger partial charge in [0.05, 0.1) is 6.54 Å². The number of fused-ring (bicyclic) bond motifs is 3. The Hall–Kier alpha value is -1.44. The lowest BCUT2D eigenvalue weighted by Crippen LogP contribution is -2.46. The van der Waals surface area contributed by atoms with Crippen molar-refractivity contribution >= 4 is 6.08 Å². The predicted octanol–water partition coefficient (Wildman–Crippen LogP) is 2.33. The van der Waals surface area contributed by atoms with E-state index in [1.165, 1.54) is 38.0 Å². The minimum absolute atomic E-state index is 0.448. The van der Waals surface area contributed by atoms with E-state index in [-0.39, 0.29) is 0 Å². The van der Waals surface area contributed by atoms with Crippen LogP contribution < -0.4 is 0 Å². The first-order valence-corrected chi connectivity index (χ1v) is 6.71. The second-order valence-electron chi connectivity index (χ2n) is 5.39. The molecule has 4 rings (SSSR count). The lowest BCUT2D eigenvalue weighted by Gasteiger charge is -2.45. The first kappa shape index (κ1) is 11.6. The summed E-state index contributed by atoms with van der Waals surface area (Å²) in [5.74, 6) is 1.57. The van der Waals surface area contributed by atoms with Crippen LogP contribution in [0.25, 0.3) is 0 Å². The van der Waals surface area contributed by atoms with Gasteiger partial charge in [0.25, 0.3) is 0 Å². The molecule has 0 aliphatic carbocycles. The van der Waals surface area contributed by atoms with E-state index in [4.69, 9.17) is 0 Å². The summed E-state index contributed by atoms with van der Waals surface area (Å²) in [6, 6.07) is 8.60. The van der Waals surface area contributed by atoms with Crippen molar-refractivity contribution < 1.29 is 4.79 Å². The van der Waals surface area contributed by atoms with Crippen molar-refractivity contribution in [1.82, 2.24) is 4.90 Å². The Kier molecular flexibility index (Phi) is 3.26. The van der Waals surface area contributed by atoms with E-state index in [1.807, 2.05) is 0 Å². The van der Waals surface area contributed by atoms with Gasteiger partial charge < -0.3 is 4.90 Å². The van der Waals surface area contributed by atoms with Crippen LogP contribution in [0, 0.1) is 5.92 Å². The van der Waals surface area contributed by atoms with Gasteiger partial charge in [0.1, 0.15) is 0 Å². The number of hydrogen-bond acceptors (Lipinski definition) is 3. The number of nitrogens with zero attached hydrogens (tertiary/aromatic N) is 2. The monoisotopic (exact) mass is 242 g/mol. The number of isocyanates is 1. The predicted molar refractivity (Wildman–Crippen MR) is 70.2 cm³/mol. The van der Waals surface area contributed by atoms with E-state index in [1.54, 1.807) is 6.08 Å². The van der Waals surface area contributed by atoms with Crippen LogP contribution in [-0.4, -0.2) is 30.6 Å². The van der Waals surface area contributed by atoms with Gasteiger partial charge in [-0.3, -0.25) is 0 Å². The molecule has 1 atom stereocenters. The van der Waals surface area contributed by atoms with E-state index in [9.17, 15) is 4.79 Å². The van der Waals surface area contributed by atoms with Crippen LogP contribution in [0.5, 0.6) is 0 Å². The molecule has 3 heterocycles. The maximum Gasteiger partial charge on any atom is 0.235 e. The maximum atomic E-state index is 10.1. The average Bonchev–Trinajstić information content (AvgIpc) is 2.47. The first-order chi connectivity index (χ1) is 8.86. The Morgan fingerprint density at radius 1 is 1.22 bits per heavy atom. The van der Waals surface area contributed by atoms with Gasteiger partial charge in [-0.05, 0) is 48.9 Å². The van der Waals surface area contributed by atoms with Crippen molar-refractivity contribution in [1.29, 1.82) is 0 Å². The average molecular weight is 242 g/mol. The third-order valence-electron chi connectivity index (χ3n) is 4.39. The second-order valence-corrected chi connectivity index (χ2v) is 5.39. The zero-order valence-corrected chi connectivity index (χ0v) is 10.5. The third kappa shape index (κ3) is 2.24. The summed E-state index contributed by atoms with van der Waals surface area (Å²) < 4.78 is 0. The molecule has 18 heavy (non-hydrogen) atoms. The largest absolute Gasteiger partial charge is 0.303 e. The Labute approximate surface area is 108 Å². The van der Waals surface area contributed by atoms with Gasteiger partial charge in [-0.25, -0.2) is 9.79 Å². The van der Waals surface area contributed by atoms with Crippen LogP contribution in [0.2, 0.25) is 0 Å². The normalized spacial score (nSPS) is 29.9. The van der Waals surface area contributed by atoms with Crippen molar-refractivity contribution in [3.63, 3.8) is 0 Å². The number of carbonyl (C=O) groups excluding carboxylic acids is 1. The molecule has 0 spiro atoms. The van der Waals surface area contributed by atoms with E-state index in [2.05, 4.69) is 34.2 Å². The van der Waals surface area contributed by atoms with Crippen molar-refractivity contribution in [2.75, 3.05) is 19.6 Å². The Morgan fingerprint density at radius 3 is 2.50 bits per heavy atom. The molecule has 1 unspecified atom stereocenters. The minimum atomic E-state index is 0.448. The number of rotatable bonds is 3. The van der Waals surface area contributed by atoms with Gasteiger partial charge in [-0.1, -0.05) is 24.3 Å². The number of aliphatic imine (C=N–C) groups is 1. The van der Waals surface area contributed by atoms with Crippen LogP contribution in [0.4, 0.5) is 0 Å². The molecule has 2 bridgehead atoms. The van der Waals surface area contributed by atoms with Gasteiger partial charge in [0, 0.05) is 6.54 Å². The van der Waals surface area contributed by atoms with E-state index >= 15 is 0 Å². The lowest BCUT2D eigenvalue weighted by atomic mass is 9.75. The Morgan fingerprint density at radius 2 is 1.94 bits per heavy atom. The summed E-state index contributed by atoms with van der Waals surface area (Å²) in [5, 5.41) is 0. The quantitative estimate of drug-likeness (QED) is 0.602. The molecule has 1 aromatic rings. The smallest absolute Gasteiger partial charge is 0.235 e. The fourth-order valence-corrected chi connectivity index (χ4v) is 3.34. The van der Waals surface area contributed by atoms with Crippen molar-refractivity contribution in [2.45, 2.75) is 25.3 Å². The summed E-state index contributed by atoms with van der Waals surface area (Å²) in [6.45, 7) is 4.24. The molecule has 3 aliphatic heterocycles. The molecule has 3 saturated heterocycles. The minimum Gasteiger partial charge on any atom is -0.303 e. The first-order valence-electron chi connectivity index (χ1n) is 6.71. The zero-order valence-electron chi connectivity index (χ0n) is 10.5. The molecule has 3 aliphatic rings. The molecule has 0 radical (unpaired) electrons. The summed E-state index contributed by atoms with van der Waals surface area (Å²) in [7, 11) is 0. The van der Waals surface area contributed by atoms with Gasteiger partial charge >= 0.3 is 0 Å². The van der Waals surface area contributed by atoms with Gasteiger partial charge in [0.15, 0.2) is 0 Å². The van der Waals surface area contributed by atoms with Crippen LogP contribution in [0.1, 0.15) is 29.9 Å². The standard InChI is InChI=1S/C15H18N2O/c18-11-16-9-12-1-3-13(4-2-12)15-10-17-7-5-14(15)6-8-17/h1-4,14-15H,5-10H2. The highest BCUT2D eigenvalue weighted by Crippen LogP contribution is 2.38. The van der Waals surface area contributed by atoms with E-state index < -0.39 is 0 Å². The molecule has 94 valence electrons. The molecular formula is C15H18N2O. The molecule has 0 aromatic heterocycles. The number of hydrogen-bond donors (Lipinski definition) is 0. The van der Waals surface area contributed by atoms with Gasteiger partial charge in [0.2, 0.25) is 6.08 Å². The molecule has 0 N–H and O–H groups in total. The highest BCUT2D eigenvalue weighted by atomic mass is 16.1. The van der Waals surface area contributed by atoms with E-state index in [0.717, 1.165) is 11.5 Å². The second kappa shape index (κ2) is 5.05.